The topological polar surface area (TPSA) is 3.24 Å². The quantitative estimate of drug-likeness (QED) is 0.427. The van der Waals surface area contributed by atoms with Crippen molar-refractivity contribution in [2.24, 2.45) is 0 Å². The Hall–Kier alpha value is 0.692. The normalized spacial score (nSPS) is 12.1. The molecule has 0 aromatic heterocycles. The van der Waals surface area contributed by atoms with Crippen LogP contribution < -0.4 is 10.2 Å². The van der Waals surface area contributed by atoms with Crippen molar-refractivity contribution in [3.63, 3.8) is 0 Å². The number of nitrogens with zero attached hydrogens (tertiary/aromatic N) is 1. The van der Waals surface area contributed by atoms with Crippen LogP contribution in [-0.4, -0.2) is 24.4 Å². The predicted octanol–water partition coefficient (Wildman–Crippen LogP) is 5.57. The summed E-state index contributed by atoms with van der Waals surface area (Å²) >= 11 is -0.106. The van der Waals surface area contributed by atoms with Crippen molar-refractivity contribution in [1.29, 1.82) is 0 Å². The van der Waals surface area contributed by atoms with Crippen molar-refractivity contribution in [2.45, 2.75) is 51.9 Å². The molecule has 1 aromatic carbocycles. The van der Waals surface area contributed by atoms with Crippen molar-refractivity contribution in [3.05, 3.63) is 24.3 Å². The zero-order valence-electron chi connectivity index (χ0n) is 14.3. The molecule has 0 unspecified atom stereocenters. The van der Waals surface area contributed by atoms with Gasteiger partial charge in [-0.05, 0) is 65.8 Å². The van der Waals surface area contributed by atoms with E-state index in [4.69, 9.17) is 19.1 Å². The standard InChI is InChI=1S/C16H28NP.2ClH.Pd/c1-15(2,3)18(16(4,5)6)14-11-9-13(10-12-14)17(7)8;;;/h9-12H,1-8H3;2*1H;/q;;;+2/p-1. The van der Waals surface area contributed by atoms with Crippen LogP contribution in [0.1, 0.15) is 41.5 Å². The van der Waals surface area contributed by atoms with Gasteiger partial charge in [-0.1, -0.05) is 0 Å². The molecule has 0 aliphatic rings. The first-order valence-corrected chi connectivity index (χ1v) is 12.4. The van der Waals surface area contributed by atoms with Crippen molar-refractivity contribution in [3.8, 4) is 0 Å². The van der Waals surface area contributed by atoms with E-state index >= 15 is 0 Å². The average Bonchev–Trinajstić information content (AvgIpc) is 2.26. The van der Waals surface area contributed by atoms with Crippen molar-refractivity contribution in [2.75, 3.05) is 19.0 Å². The van der Waals surface area contributed by atoms with Crippen molar-refractivity contribution in [1.82, 2.24) is 0 Å². The molecule has 0 amide bonds. The number of benzene rings is 1. The second-order valence-electron chi connectivity index (χ2n) is 7.36. The van der Waals surface area contributed by atoms with Crippen LogP contribution in [0.15, 0.2) is 24.3 Å². The fourth-order valence-electron chi connectivity index (χ4n) is 2.92. The summed E-state index contributed by atoms with van der Waals surface area (Å²) in [6.07, 6.45) is 0. The molecule has 0 aliphatic carbocycles. The fraction of sp³-hybridized carbons (Fsp3) is 0.625. The Balaban J connectivity index is 0.00000122. The van der Waals surface area contributed by atoms with E-state index in [1.165, 1.54) is 5.69 Å². The monoisotopic (exact) mass is 442 g/mol. The molecule has 0 saturated heterocycles. The van der Waals surface area contributed by atoms with E-state index < -0.39 is 7.92 Å². The molecule has 0 radical (unpaired) electrons. The summed E-state index contributed by atoms with van der Waals surface area (Å²) < 4.78 is 0. The van der Waals surface area contributed by atoms with Gasteiger partial charge in [-0.3, -0.25) is 0 Å². The van der Waals surface area contributed by atoms with Gasteiger partial charge in [0.1, 0.15) is 0 Å². The fourth-order valence-corrected chi connectivity index (χ4v) is 7.40. The Morgan fingerprint density at radius 2 is 1.19 bits per heavy atom. The van der Waals surface area contributed by atoms with Gasteiger partial charge in [-0.2, -0.15) is 0 Å². The number of halogens is 2. The van der Waals surface area contributed by atoms with Gasteiger partial charge in [-0.25, -0.2) is 0 Å². The van der Waals surface area contributed by atoms with Crippen LogP contribution in [0.5, 0.6) is 0 Å². The van der Waals surface area contributed by atoms with Gasteiger partial charge < -0.3 is 4.90 Å². The number of rotatable bonds is 2. The molecule has 0 heterocycles. The molecule has 1 nitrogen and oxygen atoms in total. The summed E-state index contributed by atoms with van der Waals surface area (Å²) in [6.45, 7) is 14.3. The van der Waals surface area contributed by atoms with Crippen molar-refractivity contribution < 1.29 is 15.9 Å². The van der Waals surface area contributed by atoms with Gasteiger partial charge in [-0.15, -0.1) is 0 Å². The van der Waals surface area contributed by atoms with Gasteiger partial charge in [0.05, 0.1) is 15.6 Å². The molecule has 0 spiro atoms. The van der Waals surface area contributed by atoms with Gasteiger partial charge in [0.25, 0.3) is 0 Å². The van der Waals surface area contributed by atoms with E-state index in [2.05, 4.69) is 84.8 Å². The molecule has 0 bridgehead atoms. The van der Waals surface area contributed by atoms with Crippen LogP contribution in [0.4, 0.5) is 5.69 Å². The van der Waals surface area contributed by atoms with E-state index in [9.17, 15) is 0 Å². The van der Waals surface area contributed by atoms with Crippen LogP contribution in [-0.2, 0) is 15.9 Å². The molecule has 126 valence electrons. The number of anilines is 1. The molecule has 0 fully saturated rings. The molecular weight excluding hydrogens is 414 g/mol. The third-order valence-electron chi connectivity index (χ3n) is 3.17. The van der Waals surface area contributed by atoms with E-state index in [-0.39, 0.29) is 15.9 Å². The van der Waals surface area contributed by atoms with E-state index in [1.54, 1.807) is 5.30 Å². The molecule has 1 aromatic rings. The van der Waals surface area contributed by atoms with E-state index in [1.807, 2.05) is 0 Å². The van der Waals surface area contributed by atoms with Crippen molar-refractivity contribution >= 4 is 38.0 Å². The summed E-state index contributed by atoms with van der Waals surface area (Å²) in [5.74, 6) is 0. The first-order valence-electron chi connectivity index (χ1n) is 6.93. The maximum atomic E-state index is 4.81. The maximum absolute atomic E-state index is 4.81. The first kappa shape index (κ1) is 21.7. The Morgan fingerprint density at radius 3 is 1.43 bits per heavy atom. The van der Waals surface area contributed by atoms with Gasteiger partial charge in [0, 0.05) is 27.7 Å². The molecule has 21 heavy (non-hydrogen) atoms. The predicted molar refractivity (Wildman–Crippen MR) is 99.9 cm³/mol. The van der Waals surface area contributed by atoms with Crippen LogP contribution in [0.25, 0.3) is 0 Å². The third kappa shape index (κ3) is 7.67. The molecule has 0 aliphatic heterocycles. The zero-order chi connectivity index (χ0) is 16.8. The first-order chi connectivity index (χ1) is 9.45. The second kappa shape index (κ2) is 9.10. The van der Waals surface area contributed by atoms with Gasteiger partial charge in [0.2, 0.25) is 0 Å². The summed E-state index contributed by atoms with van der Waals surface area (Å²) in [4.78, 5) is 2.16. The molecule has 0 atom stereocenters. The summed E-state index contributed by atoms with van der Waals surface area (Å²) in [5, 5.41) is 2.30. The van der Waals surface area contributed by atoms with Crippen LogP contribution >= 0.6 is 27.0 Å². The molecular formula is C16H29Cl2NPPd+. The van der Waals surface area contributed by atoms with E-state index in [0.717, 1.165) is 0 Å². The number of hydrogen-bond donors (Lipinski definition) is 0. The van der Waals surface area contributed by atoms with E-state index in [0.29, 0.717) is 10.3 Å². The molecule has 0 N–H and O–H groups in total. The number of hydrogen-bond acceptors (Lipinski definition) is 1. The SMILES string of the molecule is CN(C)c1ccc([PH+](C(C)(C)C)C(C)(C)C)cc1.[Cl][Pd][Cl]. The minimum absolute atomic E-state index is 0.106. The molecule has 0 saturated carbocycles. The summed E-state index contributed by atoms with van der Waals surface area (Å²) in [5.41, 5.74) is 1.28. The second-order valence-corrected chi connectivity index (χ2v) is 14.0. The summed E-state index contributed by atoms with van der Waals surface area (Å²) in [7, 11) is 13.2. The van der Waals surface area contributed by atoms with Gasteiger partial charge >= 0.3 is 35.0 Å². The Bertz CT molecular complexity index is 394. The minimum atomic E-state index is -0.614. The average molecular weight is 444 g/mol. The van der Waals surface area contributed by atoms with Gasteiger partial charge in [0.15, 0.2) is 0 Å². The molecule has 1 rings (SSSR count). The Kier molecular flexibility index (Phi) is 9.40. The third-order valence-corrected chi connectivity index (χ3v) is 7.08. The Morgan fingerprint density at radius 1 is 0.857 bits per heavy atom. The zero-order valence-corrected chi connectivity index (χ0v) is 18.4. The van der Waals surface area contributed by atoms with Crippen LogP contribution in [0.3, 0.4) is 0 Å². The Labute approximate surface area is 148 Å². The summed E-state index contributed by atoms with van der Waals surface area (Å²) in [6, 6.07) is 9.16. The van der Waals surface area contributed by atoms with Crippen LogP contribution in [0.2, 0.25) is 0 Å². The van der Waals surface area contributed by atoms with Crippen LogP contribution in [0, 0.1) is 0 Å². The molecule has 5 heteroatoms.